The van der Waals surface area contributed by atoms with Crippen LogP contribution in [0.3, 0.4) is 0 Å². The number of nitrogens with zero attached hydrogens (tertiary/aromatic N) is 1. The molecule has 1 aromatic heterocycles. The summed E-state index contributed by atoms with van der Waals surface area (Å²) in [5.41, 5.74) is 0.738. The van der Waals surface area contributed by atoms with Gasteiger partial charge in [-0.3, -0.25) is 4.79 Å². The van der Waals surface area contributed by atoms with Crippen LogP contribution in [0.25, 0.3) is 0 Å². The average Bonchev–Trinajstić information content (AvgIpc) is 2.75. The molecule has 3 unspecified atom stereocenters. The second kappa shape index (κ2) is 5.76. The average molecular weight is 264 g/mol. The highest BCUT2D eigenvalue weighted by Gasteiger charge is 2.32. The SMILES string of the molecule is Cc1cc(C(=O)NC2CC(C)CCC2C(C)C)on1. The Morgan fingerprint density at radius 2 is 2.21 bits per heavy atom. The molecule has 2 rings (SSSR count). The Bertz CT molecular complexity index is 439. The molecule has 19 heavy (non-hydrogen) atoms. The van der Waals surface area contributed by atoms with Crippen molar-refractivity contribution in [3.8, 4) is 0 Å². The first-order valence-electron chi connectivity index (χ1n) is 7.21. The molecule has 0 aromatic carbocycles. The molecule has 106 valence electrons. The fourth-order valence-corrected chi connectivity index (χ4v) is 3.08. The van der Waals surface area contributed by atoms with Crippen LogP contribution in [0.5, 0.6) is 0 Å². The van der Waals surface area contributed by atoms with Crippen molar-refractivity contribution in [2.45, 2.75) is 53.0 Å². The van der Waals surface area contributed by atoms with Gasteiger partial charge in [0, 0.05) is 12.1 Å². The largest absolute Gasteiger partial charge is 0.351 e. The number of carbonyl (C=O) groups excluding carboxylic acids is 1. The minimum absolute atomic E-state index is 0.134. The van der Waals surface area contributed by atoms with E-state index in [-0.39, 0.29) is 11.9 Å². The maximum absolute atomic E-state index is 12.2. The lowest BCUT2D eigenvalue weighted by molar-refractivity contribution is 0.0831. The Labute approximate surface area is 114 Å². The Morgan fingerprint density at radius 3 is 2.79 bits per heavy atom. The zero-order valence-corrected chi connectivity index (χ0v) is 12.3. The molecule has 1 heterocycles. The summed E-state index contributed by atoms with van der Waals surface area (Å²) in [6, 6.07) is 1.94. The highest BCUT2D eigenvalue weighted by atomic mass is 16.5. The number of nitrogens with one attached hydrogen (secondary N) is 1. The summed E-state index contributed by atoms with van der Waals surface area (Å²) >= 11 is 0. The molecule has 1 N–H and O–H groups in total. The summed E-state index contributed by atoms with van der Waals surface area (Å²) in [6.45, 7) is 8.55. The van der Waals surface area contributed by atoms with E-state index in [4.69, 9.17) is 4.52 Å². The van der Waals surface area contributed by atoms with Crippen LogP contribution in [-0.2, 0) is 0 Å². The van der Waals surface area contributed by atoms with Gasteiger partial charge in [0.05, 0.1) is 5.69 Å². The topological polar surface area (TPSA) is 55.1 Å². The second-order valence-electron chi connectivity index (χ2n) is 6.24. The van der Waals surface area contributed by atoms with Gasteiger partial charge in [-0.25, -0.2) is 0 Å². The van der Waals surface area contributed by atoms with E-state index in [0.717, 1.165) is 12.1 Å². The van der Waals surface area contributed by atoms with Gasteiger partial charge < -0.3 is 9.84 Å². The molecule has 1 saturated carbocycles. The lowest BCUT2D eigenvalue weighted by Gasteiger charge is -2.37. The van der Waals surface area contributed by atoms with E-state index >= 15 is 0 Å². The molecule has 0 spiro atoms. The molecule has 0 radical (unpaired) electrons. The molecule has 1 aliphatic carbocycles. The molecule has 1 fully saturated rings. The van der Waals surface area contributed by atoms with Crippen LogP contribution in [0.2, 0.25) is 0 Å². The van der Waals surface area contributed by atoms with Gasteiger partial charge in [-0.05, 0) is 37.5 Å². The molecular weight excluding hydrogens is 240 g/mol. The van der Waals surface area contributed by atoms with Gasteiger partial charge in [0.25, 0.3) is 5.91 Å². The standard InChI is InChI=1S/C15H24N2O2/c1-9(2)12-6-5-10(3)7-13(12)16-15(18)14-8-11(4)17-19-14/h8-10,12-13H,5-7H2,1-4H3,(H,16,18). The summed E-state index contributed by atoms with van der Waals surface area (Å²) in [5.74, 6) is 2.01. The van der Waals surface area contributed by atoms with E-state index < -0.39 is 0 Å². The maximum Gasteiger partial charge on any atom is 0.290 e. The van der Waals surface area contributed by atoms with Crippen molar-refractivity contribution in [1.29, 1.82) is 0 Å². The van der Waals surface area contributed by atoms with Gasteiger partial charge in [0.1, 0.15) is 0 Å². The number of aromatic nitrogens is 1. The maximum atomic E-state index is 12.2. The Hall–Kier alpha value is -1.32. The Kier molecular flexibility index (Phi) is 4.27. The molecule has 4 nitrogen and oxygen atoms in total. The van der Waals surface area contributed by atoms with Crippen molar-refractivity contribution >= 4 is 5.91 Å². The van der Waals surface area contributed by atoms with Gasteiger partial charge in [0.2, 0.25) is 5.76 Å². The van der Waals surface area contributed by atoms with Crippen LogP contribution in [-0.4, -0.2) is 17.1 Å². The number of amides is 1. The number of hydrogen-bond acceptors (Lipinski definition) is 3. The first kappa shape index (κ1) is 14.1. The first-order chi connectivity index (χ1) is 8.97. The number of carbonyl (C=O) groups is 1. The van der Waals surface area contributed by atoms with Crippen LogP contribution in [0.1, 0.15) is 56.3 Å². The number of rotatable bonds is 3. The highest BCUT2D eigenvalue weighted by molar-refractivity contribution is 5.91. The third kappa shape index (κ3) is 3.37. The van der Waals surface area contributed by atoms with E-state index in [1.54, 1.807) is 6.07 Å². The van der Waals surface area contributed by atoms with Crippen molar-refractivity contribution in [1.82, 2.24) is 10.5 Å². The molecule has 1 amide bonds. The van der Waals surface area contributed by atoms with Crippen LogP contribution in [0.4, 0.5) is 0 Å². The van der Waals surface area contributed by atoms with E-state index in [1.807, 2.05) is 6.92 Å². The quantitative estimate of drug-likeness (QED) is 0.912. The van der Waals surface area contributed by atoms with Crippen molar-refractivity contribution in [2.24, 2.45) is 17.8 Å². The zero-order chi connectivity index (χ0) is 14.0. The Morgan fingerprint density at radius 1 is 1.47 bits per heavy atom. The Balaban J connectivity index is 2.04. The molecule has 3 atom stereocenters. The monoisotopic (exact) mass is 264 g/mol. The van der Waals surface area contributed by atoms with Crippen LogP contribution in [0.15, 0.2) is 10.6 Å². The summed E-state index contributed by atoms with van der Waals surface area (Å²) in [7, 11) is 0. The van der Waals surface area contributed by atoms with Gasteiger partial charge >= 0.3 is 0 Å². The predicted octanol–water partition coefficient (Wildman–Crippen LogP) is 3.17. The van der Waals surface area contributed by atoms with Crippen LogP contribution in [0, 0.1) is 24.7 Å². The fraction of sp³-hybridized carbons (Fsp3) is 0.733. The van der Waals surface area contributed by atoms with Crippen molar-refractivity contribution in [2.75, 3.05) is 0 Å². The molecule has 0 aliphatic heterocycles. The van der Waals surface area contributed by atoms with Crippen molar-refractivity contribution in [3.05, 3.63) is 17.5 Å². The summed E-state index contributed by atoms with van der Waals surface area (Å²) in [5, 5.41) is 6.90. The minimum atomic E-state index is -0.134. The zero-order valence-electron chi connectivity index (χ0n) is 12.3. The van der Waals surface area contributed by atoms with Crippen LogP contribution < -0.4 is 5.32 Å². The number of aryl methyl sites for hydroxylation is 1. The fourth-order valence-electron chi connectivity index (χ4n) is 3.08. The predicted molar refractivity (Wildman–Crippen MR) is 73.8 cm³/mol. The van der Waals surface area contributed by atoms with E-state index in [9.17, 15) is 4.79 Å². The van der Waals surface area contributed by atoms with E-state index in [1.165, 1.54) is 12.8 Å². The molecule has 0 saturated heterocycles. The lowest BCUT2D eigenvalue weighted by atomic mass is 9.74. The molecular formula is C15H24N2O2. The molecule has 4 heteroatoms. The van der Waals surface area contributed by atoms with Gasteiger partial charge in [0.15, 0.2) is 0 Å². The molecule has 0 bridgehead atoms. The van der Waals surface area contributed by atoms with Crippen molar-refractivity contribution in [3.63, 3.8) is 0 Å². The van der Waals surface area contributed by atoms with Gasteiger partial charge in [-0.1, -0.05) is 32.3 Å². The lowest BCUT2D eigenvalue weighted by Crippen LogP contribution is -2.45. The van der Waals surface area contributed by atoms with Gasteiger partial charge in [-0.2, -0.15) is 0 Å². The number of hydrogen-bond donors (Lipinski definition) is 1. The molecule has 1 aliphatic rings. The minimum Gasteiger partial charge on any atom is -0.351 e. The molecule has 1 aromatic rings. The van der Waals surface area contributed by atoms with E-state index in [2.05, 4.69) is 31.2 Å². The van der Waals surface area contributed by atoms with E-state index in [0.29, 0.717) is 23.5 Å². The summed E-state index contributed by atoms with van der Waals surface area (Å²) in [4.78, 5) is 12.2. The second-order valence-corrected chi connectivity index (χ2v) is 6.24. The highest BCUT2D eigenvalue weighted by Crippen LogP contribution is 2.33. The summed E-state index contributed by atoms with van der Waals surface area (Å²) < 4.78 is 5.03. The third-order valence-corrected chi connectivity index (χ3v) is 4.19. The third-order valence-electron chi connectivity index (χ3n) is 4.19. The first-order valence-corrected chi connectivity index (χ1v) is 7.21. The normalized spacial score (nSPS) is 27.5. The van der Waals surface area contributed by atoms with Crippen molar-refractivity contribution < 1.29 is 9.32 Å². The van der Waals surface area contributed by atoms with Gasteiger partial charge in [-0.15, -0.1) is 0 Å². The summed E-state index contributed by atoms with van der Waals surface area (Å²) in [6.07, 6.45) is 3.51. The smallest absolute Gasteiger partial charge is 0.290 e. The van der Waals surface area contributed by atoms with Crippen LogP contribution >= 0.6 is 0 Å².